The Morgan fingerprint density at radius 2 is 1.94 bits per heavy atom. The Labute approximate surface area is 214 Å². The Balaban J connectivity index is 1.24. The first-order valence-electron chi connectivity index (χ1n) is 13.4. The molecule has 1 aliphatic carbocycles. The summed E-state index contributed by atoms with van der Waals surface area (Å²) in [5.41, 5.74) is 2.99. The van der Waals surface area contributed by atoms with Crippen LogP contribution in [0.3, 0.4) is 0 Å². The summed E-state index contributed by atoms with van der Waals surface area (Å²) in [7, 11) is 1.69. The predicted octanol–water partition coefficient (Wildman–Crippen LogP) is 5.53. The number of carbonyl (C=O) groups is 1. The lowest BCUT2D eigenvalue weighted by atomic mass is 9.88. The highest BCUT2D eigenvalue weighted by atomic mass is 16.5. The topological polar surface area (TPSA) is 66.5 Å². The minimum atomic E-state index is -0.168. The number of carbonyl (C=O) groups excluding carboxylic acids is 1. The zero-order chi connectivity index (χ0) is 25.0. The molecule has 1 aliphatic heterocycles. The molecular formula is C30H38N4O2. The van der Waals surface area contributed by atoms with Crippen molar-refractivity contribution < 1.29 is 9.53 Å². The number of pyridine rings is 1. The quantitative estimate of drug-likeness (QED) is 0.416. The van der Waals surface area contributed by atoms with Crippen LogP contribution < -0.4 is 15.4 Å². The molecule has 6 heteroatoms. The fourth-order valence-corrected chi connectivity index (χ4v) is 6.01. The van der Waals surface area contributed by atoms with Crippen molar-refractivity contribution in [2.75, 3.05) is 19.0 Å². The van der Waals surface area contributed by atoms with Gasteiger partial charge < -0.3 is 15.0 Å². The van der Waals surface area contributed by atoms with Crippen molar-refractivity contribution in [2.24, 2.45) is 0 Å². The second-order valence-corrected chi connectivity index (χ2v) is 10.4. The number of nitrogens with zero attached hydrogens (tertiary/aromatic N) is 2. The van der Waals surface area contributed by atoms with Crippen LogP contribution in [0, 0.1) is 0 Å². The molecule has 2 heterocycles. The Morgan fingerprint density at radius 1 is 1.14 bits per heavy atom. The van der Waals surface area contributed by atoms with Crippen molar-refractivity contribution in [3.05, 3.63) is 66.4 Å². The summed E-state index contributed by atoms with van der Waals surface area (Å²) in [6.07, 6.45) is 10.2. The van der Waals surface area contributed by atoms with Crippen molar-refractivity contribution in [2.45, 2.75) is 76.0 Å². The average molecular weight is 487 g/mol. The summed E-state index contributed by atoms with van der Waals surface area (Å²) in [5.74, 6) is 1.09. The molecule has 1 spiro atoms. The van der Waals surface area contributed by atoms with Gasteiger partial charge in [0, 0.05) is 30.2 Å². The highest BCUT2D eigenvalue weighted by molar-refractivity contribution is 5.92. The monoisotopic (exact) mass is 486 g/mol. The van der Waals surface area contributed by atoms with Crippen molar-refractivity contribution in [3.8, 4) is 5.75 Å². The summed E-state index contributed by atoms with van der Waals surface area (Å²) in [6.45, 7) is 2.99. The summed E-state index contributed by atoms with van der Waals surface area (Å²) >= 11 is 0. The Bertz CT molecular complexity index is 1180. The Kier molecular flexibility index (Phi) is 7.42. The molecule has 2 aliphatic rings. The van der Waals surface area contributed by atoms with Crippen LogP contribution in [0.15, 0.2) is 60.8 Å². The van der Waals surface area contributed by atoms with Crippen LogP contribution in [0.4, 0.5) is 5.69 Å². The highest BCUT2D eigenvalue weighted by Crippen LogP contribution is 2.37. The van der Waals surface area contributed by atoms with E-state index in [1.165, 1.54) is 24.8 Å². The maximum absolute atomic E-state index is 13.6. The Morgan fingerprint density at radius 3 is 2.72 bits per heavy atom. The van der Waals surface area contributed by atoms with Crippen molar-refractivity contribution in [1.82, 2.24) is 15.2 Å². The van der Waals surface area contributed by atoms with Crippen LogP contribution >= 0.6 is 0 Å². The third-order valence-corrected chi connectivity index (χ3v) is 7.82. The molecule has 2 atom stereocenters. The summed E-state index contributed by atoms with van der Waals surface area (Å²) < 4.78 is 5.50. The first kappa shape index (κ1) is 24.6. The molecule has 0 bridgehead atoms. The van der Waals surface area contributed by atoms with Gasteiger partial charge in [-0.2, -0.15) is 0 Å². The summed E-state index contributed by atoms with van der Waals surface area (Å²) in [4.78, 5) is 20.4. The molecule has 190 valence electrons. The van der Waals surface area contributed by atoms with E-state index in [1.807, 2.05) is 30.5 Å². The van der Waals surface area contributed by atoms with E-state index in [-0.39, 0.29) is 23.7 Å². The predicted molar refractivity (Wildman–Crippen MR) is 145 cm³/mol. The molecule has 2 N–H and O–H groups in total. The van der Waals surface area contributed by atoms with Gasteiger partial charge in [-0.25, -0.2) is 0 Å². The lowest BCUT2D eigenvalue weighted by Gasteiger charge is -2.41. The molecule has 0 radical (unpaired) electrons. The van der Waals surface area contributed by atoms with Gasteiger partial charge in [-0.3, -0.25) is 15.1 Å². The van der Waals surface area contributed by atoms with E-state index in [4.69, 9.17) is 4.74 Å². The van der Waals surface area contributed by atoms with E-state index in [1.54, 1.807) is 7.11 Å². The van der Waals surface area contributed by atoms with Crippen LogP contribution in [0.25, 0.3) is 10.9 Å². The van der Waals surface area contributed by atoms with Crippen LogP contribution in [0.5, 0.6) is 5.75 Å². The number of amides is 1. The molecule has 1 saturated carbocycles. The van der Waals surface area contributed by atoms with Crippen molar-refractivity contribution in [1.29, 1.82) is 0 Å². The van der Waals surface area contributed by atoms with Gasteiger partial charge in [0.15, 0.2) is 0 Å². The van der Waals surface area contributed by atoms with Crippen LogP contribution in [-0.2, 0) is 11.2 Å². The zero-order valence-electron chi connectivity index (χ0n) is 21.5. The van der Waals surface area contributed by atoms with E-state index in [0.717, 1.165) is 61.0 Å². The van der Waals surface area contributed by atoms with E-state index in [2.05, 4.69) is 57.8 Å². The molecule has 1 amide bonds. The summed E-state index contributed by atoms with van der Waals surface area (Å²) in [6, 6.07) is 18.5. The first-order chi connectivity index (χ1) is 17.6. The minimum Gasteiger partial charge on any atom is -0.497 e. The highest BCUT2D eigenvalue weighted by Gasteiger charge is 2.49. The van der Waals surface area contributed by atoms with E-state index in [9.17, 15) is 4.79 Å². The average Bonchev–Trinajstić information content (AvgIpc) is 3.14. The first-order valence-corrected chi connectivity index (χ1v) is 13.4. The molecule has 3 aromatic rings. The number of benzene rings is 2. The van der Waals surface area contributed by atoms with Crippen LogP contribution in [0.1, 0.15) is 57.4 Å². The van der Waals surface area contributed by atoms with Gasteiger partial charge in [0.2, 0.25) is 5.91 Å². The van der Waals surface area contributed by atoms with E-state index < -0.39 is 0 Å². The number of anilines is 1. The lowest BCUT2D eigenvalue weighted by Crippen LogP contribution is -2.54. The molecule has 1 unspecified atom stereocenters. The third-order valence-electron chi connectivity index (χ3n) is 7.82. The molecular weight excluding hydrogens is 448 g/mol. The maximum atomic E-state index is 13.6. The molecule has 1 aromatic heterocycles. The number of hydrogen-bond acceptors (Lipinski definition) is 5. The number of rotatable bonds is 9. The second kappa shape index (κ2) is 10.9. The van der Waals surface area contributed by atoms with Gasteiger partial charge >= 0.3 is 0 Å². The number of aromatic nitrogens is 1. The lowest BCUT2D eigenvalue weighted by molar-refractivity contribution is -0.133. The third kappa shape index (κ3) is 5.19. The molecule has 6 nitrogen and oxygen atoms in total. The number of fused-ring (bicyclic) bond motifs is 1. The SMILES string of the molecule is COc1cc(NC(C)CCCN2C(=O)[C@@H](Cc3ccccc3)NC23CCCCC3)c2ncccc2c1. The molecule has 36 heavy (non-hydrogen) atoms. The fraction of sp³-hybridized carbons (Fsp3) is 0.467. The number of nitrogens with one attached hydrogen (secondary N) is 2. The largest absolute Gasteiger partial charge is 0.497 e. The molecule has 1 saturated heterocycles. The smallest absolute Gasteiger partial charge is 0.241 e. The van der Waals surface area contributed by atoms with Gasteiger partial charge in [-0.1, -0.05) is 42.8 Å². The van der Waals surface area contributed by atoms with Crippen LogP contribution in [0.2, 0.25) is 0 Å². The normalized spacial score (nSPS) is 20.1. The number of methoxy groups -OCH3 is 1. The fourth-order valence-electron chi connectivity index (χ4n) is 6.01. The summed E-state index contributed by atoms with van der Waals surface area (Å²) in [5, 5.41) is 8.51. The zero-order valence-corrected chi connectivity index (χ0v) is 21.5. The van der Waals surface area contributed by atoms with Crippen LogP contribution in [-0.4, -0.2) is 47.2 Å². The van der Waals surface area contributed by atoms with E-state index in [0.29, 0.717) is 0 Å². The van der Waals surface area contributed by atoms with Crippen molar-refractivity contribution >= 4 is 22.5 Å². The minimum absolute atomic E-state index is 0.129. The van der Waals surface area contributed by atoms with Gasteiger partial charge in [0.1, 0.15) is 5.75 Å². The maximum Gasteiger partial charge on any atom is 0.241 e. The van der Waals surface area contributed by atoms with Crippen molar-refractivity contribution in [3.63, 3.8) is 0 Å². The molecule has 5 rings (SSSR count). The van der Waals surface area contributed by atoms with Gasteiger partial charge in [0.05, 0.1) is 30.0 Å². The molecule has 2 aromatic carbocycles. The van der Waals surface area contributed by atoms with Gasteiger partial charge in [-0.05, 0) is 69.6 Å². The molecule has 2 fully saturated rings. The Hall–Kier alpha value is -3.12. The van der Waals surface area contributed by atoms with Gasteiger partial charge in [-0.15, -0.1) is 0 Å². The van der Waals surface area contributed by atoms with E-state index >= 15 is 0 Å². The number of hydrogen-bond donors (Lipinski definition) is 2. The number of ether oxygens (including phenoxy) is 1. The van der Waals surface area contributed by atoms with Gasteiger partial charge in [0.25, 0.3) is 0 Å². The standard InChI is InChI=1S/C30H38N4O2/c1-22(32-26-21-25(36-2)20-24-14-9-17-31-28(24)26)11-10-18-34-29(35)27(19-23-12-5-3-6-13-23)33-30(34)15-7-4-8-16-30/h3,5-6,9,12-14,17,20-22,27,32-33H,4,7-8,10-11,15-16,18-19H2,1-2H3/t22?,27-/m1/s1. The second-order valence-electron chi connectivity index (χ2n) is 10.4.